The molecule has 2 heterocycles. The van der Waals surface area contributed by atoms with E-state index in [-0.39, 0.29) is 17.9 Å². The highest BCUT2D eigenvalue weighted by atomic mass is 79.9. The SMILES string of the molecule is O=C(CCn1cnc2ccc(Br)cc2c1=O)NCC1CNC1. The Hall–Kier alpha value is -1.73. The first-order valence-electron chi connectivity index (χ1n) is 7.25. The van der Waals surface area contributed by atoms with E-state index in [1.807, 2.05) is 6.07 Å². The van der Waals surface area contributed by atoms with Gasteiger partial charge in [-0.25, -0.2) is 4.98 Å². The molecule has 0 saturated carbocycles. The zero-order valence-corrected chi connectivity index (χ0v) is 13.6. The molecule has 0 bridgehead atoms. The van der Waals surface area contributed by atoms with Crippen molar-refractivity contribution in [3.63, 3.8) is 0 Å². The van der Waals surface area contributed by atoms with Gasteiger partial charge in [0.1, 0.15) is 0 Å². The maximum Gasteiger partial charge on any atom is 0.261 e. The predicted octanol–water partition coefficient (Wildman–Crippen LogP) is 0.885. The van der Waals surface area contributed by atoms with Gasteiger partial charge in [0.25, 0.3) is 5.56 Å². The highest BCUT2D eigenvalue weighted by Crippen LogP contribution is 2.14. The van der Waals surface area contributed by atoms with Crippen LogP contribution in [0.5, 0.6) is 0 Å². The van der Waals surface area contributed by atoms with E-state index in [1.165, 1.54) is 10.9 Å². The van der Waals surface area contributed by atoms with Crippen LogP contribution in [0.15, 0.2) is 33.8 Å². The first kappa shape index (κ1) is 15.2. The van der Waals surface area contributed by atoms with E-state index in [1.54, 1.807) is 12.1 Å². The molecule has 2 aromatic rings. The van der Waals surface area contributed by atoms with Gasteiger partial charge < -0.3 is 10.6 Å². The van der Waals surface area contributed by atoms with Crippen molar-refractivity contribution >= 4 is 32.7 Å². The first-order chi connectivity index (χ1) is 10.6. The van der Waals surface area contributed by atoms with Gasteiger partial charge in [-0.15, -0.1) is 0 Å². The topological polar surface area (TPSA) is 76.0 Å². The number of rotatable bonds is 5. The molecule has 22 heavy (non-hydrogen) atoms. The fourth-order valence-electron chi connectivity index (χ4n) is 2.35. The van der Waals surface area contributed by atoms with Gasteiger partial charge >= 0.3 is 0 Å². The molecule has 1 aliphatic heterocycles. The van der Waals surface area contributed by atoms with E-state index in [0.29, 0.717) is 29.9 Å². The van der Waals surface area contributed by atoms with Crippen LogP contribution in [0.1, 0.15) is 6.42 Å². The number of amides is 1. The zero-order valence-electron chi connectivity index (χ0n) is 12.0. The Morgan fingerprint density at radius 2 is 2.27 bits per heavy atom. The summed E-state index contributed by atoms with van der Waals surface area (Å²) in [5.74, 6) is 0.500. The third kappa shape index (κ3) is 3.36. The van der Waals surface area contributed by atoms with Gasteiger partial charge in [0.2, 0.25) is 5.91 Å². The number of benzene rings is 1. The molecule has 1 amide bonds. The van der Waals surface area contributed by atoms with Crippen molar-refractivity contribution in [2.75, 3.05) is 19.6 Å². The monoisotopic (exact) mass is 364 g/mol. The average Bonchev–Trinajstić information content (AvgIpc) is 2.45. The second kappa shape index (κ2) is 6.58. The van der Waals surface area contributed by atoms with Crippen molar-refractivity contribution in [1.82, 2.24) is 20.2 Å². The Morgan fingerprint density at radius 1 is 1.45 bits per heavy atom. The molecule has 3 rings (SSSR count). The highest BCUT2D eigenvalue weighted by Gasteiger charge is 2.17. The summed E-state index contributed by atoms with van der Waals surface area (Å²) in [5, 5.41) is 6.61. The van der Waals surface area contributed by atoms with Crippen LogP contribution < -0.4 is 16.2 Å². The van der Waals surface area contributed by atoms with Crippen LogP contribution in [-0.2, 0) is 11.3 Å². The molecule has 6 nitrogen and oxygen atoms in total. The van der Waals surface area contributed by atoms with Gasteiger partial charge in [0.05, 0.1) is 17.2 Å². The van der Waals surface area contributed by atoms with E-state index in [2.05, 4.69) is 31.5 Å². The number of nitrogens with one attached hydrogen (secondary N) is 2. The molecule has 1 saturated heterocycles. The summed E-state index contributed by atoms with van der Waals surface area (Å²) >= 11 is 3.35. The number of nitrogens with zero attached hydrogens (tertiary/aromatic N) is 2. The number of carbonyl (C=O) groups is 1. The molecule has 1 aromatic carbocycles. The molecule has 1 aromatic heterocycles. The van der Waals surface area contributed by atoms with E-state index in [4.69, 9.17) is 0 Å². The molecule has 0 radical (unpaired) electrons. The number of halogens is 1. The molecule has 1 fully saturated rings. The molecular formula is C15H17BrN4O2. The molecule has 0 aliphatic carbocycles. The Labute approximate surface area is 136 Å². The van der Waals surface area contributed by atoms with Gasteiger partial charge in [-0.3, -0.25) is 14.2 Å². The molecule has 0 spiro atoms. The third-order valence-corrected chi connectivity index (χ3v) is 4.31. The quantitative estimate of drug-likeness (QED) is 0.825. The van der Waals surface area contributed by atoms with Crippen molar-refractivity contribution in [3.05, 3.63) is 39.4 Å². The van der Waals surface area contributed by atoms with Crippen LogP contribution in [0.2, 0.25) is 0 Å². The minimum Gasteiger partial charge on any atom is -0.356 e. The number of aromatic nitrogens is 2. The van der Waals surface area contributed by atoms with Crippen LogP contribution in [0.3, 0.4) is 0 Å². The molecular weight excluding hydrogens is 348 g/mol. The van der Waals surface area contributed by atoms with Crippen molar-refractivity contribution < 1.29 is 4.79 Å². The van der Waals surface area contributed by atoms with Crippen LogP contribution in [0, 0.1) is 5.92 Å². The average molecular weight is 365 g/mol. The second-order valence-corrected chi connectivity index (χ2v) is 6.40. The van der Waals surface area contributed by atoms with Gasteiger partial charge in [-0.05, 0) is 18.2 Å². The van der Waals surface area contributed by atoms with Gasteiger partial charge in [-0.2, -0.15) is 0 Å². The molecule has 0 unspecified atom stereocenters. The number of hydrogen-bond acceptors (Lipinski definition) is 4. The summed E-state index contributed by atoms with van der Waals surface area (Å²) in [7, 11) is 0. The van der Waals surface area contributed by atoms with Crippen molar-refractivity contribution in [2.24, 2.45) is 5.92 Å². The Morgan fingerprint density at radius 3 is 3.00 bits per heavy atom. The van der Waals surface area contributed by atoms with Crippen LogP contribution in [0.25, 0.3) is 10.9 Å². The molecule has 0 atom stereocenters. The van der Waals surface area contributed by atoms with Crippen LogP contribution in [0.4, 0.5) is 0 Å². The summed E-state index contributed by atoms with van der Waals surface area (Å²) in [6.45, 7) is 2.96. The van der Waals surface area contributed by atoms with Gasteiger partial charge in [-0.1, -0.05) is 15.9 Å². The fraction of sp³-hybridized carbons (Fsp3) is 0.400. The molecule has 2 N–H and O–H groups in total. The molecule has 1 aliphatic rings. The first-order valence-corrected chi connectivity index (χ1v) is 8.05. The standard InChI is InChI=1S/C15H17BrN4O2/c16-11-1-2-13-12(5-11)15(22)20(9-19-13)4-3-14(21)18-8-10-6-17-7-10/h1-2,5,9-10,17H,3-4,6-8H2,(H,18,21). The Balaban J connectivity index is 1.64. The smallest absolute Gasteiger partial charge is 0.261 e. The molecule has 116 valence electrons. The summed E-state index contributed by atoms with van der Waals surface area (Å²) in [5.41, 5.74) is 0.536. The highest BCUT2D eigenvalue weighted by molar-refractivity contribution is 9.10. The van der Waals surface area contributed by atoms with E-state index >= 15 is 0 Å². The minimum atomic E-state index is -0.123. The Kier molecular flexibility index (Phi) is 4.54. The summed E-state index contributed by atoms with van der Waals surface area (Å²) in [4.78, 5) is 28.5. The normalized spacial score (nSPS) is 14.8. The number of hydrogen-bond donors (Lipinski definition) is 2. The van der Waals surface area contributed by atoms with Crippen molar-refractivity contribution in [2.45, 2.75) is 13.0 Å². The lowest BCUT2D eigenvalue weighted by molar-refractivity contribution is -0.121. The Bertz CT molecular complexity index is 755. The lowest BCUT2D eigenvalue weighted by Crippen LogP contribution is -2.48. The lowest BCUT2D eigenvalue weighted by Gasteiger charge is -2.27. The van der Waals surface area contributed by atoms with Crippen LogP contribution >= 0.6 is 15.9 Å². The zero-order chi connectivity index (χ0) is 15.5. The second-order valence-electron chi connectivity index (χ2n) is 5.48. The number of aryl methyl sites for hydroxylation is 1. The fourth-order valence-corrected chi connectivity index (χ4v) is 2.71. The number of fused-ring (bicyclic) bond motifs is 1. The largest absolute Gasteiger partial charge is 0.356 e. The van der Waals surface area contributed by atoms with Crippen molar-refractivity contribution in [3.8, 4) is 0 Å². The van der Waals surface area contributed by atoms with Gasteiger partial charge in [0.15, 0.2) is 0 Å². The van der Waals surface area contributed by atoms with E-state index < -0.39 is 0 Å². The summed E-state index contributed by atoms with van der Waals surface area (Å²) < 4.78 is 2.32. The van der Waals surface area contributed by atoms with E-state index in [0.717, 1.165) is 17.6 Å². The van der Waals surface area contributed by atoms with Gasteiger partial charge in [0, 0.05) is 43.0 Å². The lowest BCUT2D eigenvalue weighted by atomic mass is 10.0. The third-order valence-electron chi connectivity index (χ3n) is 3.82. The number of carbonyl (C=O) groups excluding carboxylic acids is 1. The maximum absolute atomic E-state index is 12.4. The van der Waals surface area contributed by atoms with Crippen molar-refractivity contribution in [1.29, 1.82) is 0 Å². The predicted molar refractivity (Wildman–Crippen MR) is 87.7 cm³/mol. The minimum absolute atomic E-state index is 0.0341. The summed E-state index contributed by atoms with van der Waals surface area (Å²) in [6, 6.07) is 5.40. The van der Waals surface area contributed by atoms with Crippen LogP contribution in [-0.4, -0.2) is 35.1 Å². The summed E-state index contributed by atoms with van der Waals surface area (Å²) in [6.07, 6.45) is 1.78. The molecule has 7 heteroatoms. The van der Waals surface area contributed by atoms with E-state index in [9.17, 15) is 9.59 Å². The maximum atomic E-state index is 12.4.